The van der Waals surface area contributed by atoms with E-state index in [0.29, 0.717) is 5.88 Å². The van der Waals surface area contributed by atoms with Crippen molar-refractivity contribution in [2.45, 2.75) is 12.4 Å². The first-order chi connectivity index (χ1) is 5.51. The highest BCUT2D eigenvalue weighted by atomic mass is 35.5. The molecule has 0 spiro atoms. The lowest BCUT2D eigenvalue weighted by Crippen LogP contribution is -2.33. The molecule has 1 rings (SSSR count). The van der Waals surface area contributed by atoms with Gasteiger partial charge in [0, 0.05) is 0 Å². The van der Waals surface area contributed by atoms with Crippen LogP contribution in [-0.4, -0.2) is 25.6 Å². The SMILES string of the molecule is C[N+](C)(C)Cc1ccc(CCl)o1. The Balaban J connectivity index is 2.64. The number of alkyl halides is 1. The molecule has 0 aromatic carbocycles. The number of hydrogen-bond acceptors (Lipinski definition) is 1. The minimum Gasteiger partial charge on any atom is -0.459 e. The second-order valence-electron chi connectivity index (χ2n) is 3.95. The molecule has 0 aliphatic heterocycles. The molecule has 3 heteroatoms. The van der Waals surface area contributed by atoms with Gasteiger partial charge in [0.2, 0.25) is 0 Å². The lowest BCUT2D eigenvalue weighted by molar-refractivity contribution is -0.884. The molecule has 0 fully saturated rings. The van der Waals surface area contributed by atoms with Crippen LogP contribution < -0.4 is 0 Å². The van der Waals surface area contributed by atoms with E-state index >= 15 is 0 Å². The summed E-state index contributed by atoms with van der Waals surface area (Å²) in [7, 11) is 6.38. The summed E-state index contributed by atoms with van der Waals surface area (Å²) >= 11 is 5.61. The Morgan fingerprint density at radius 3 is 2.25 bits per heavy atom. The molecule has 0 amide bonds. The van der Waals surface area contributed by atoms with Crippen molar-refractivity contribution < 1.29 is 8.90 Å². The van der Waals surface area contributed by atoms with E-state index in [9.17, 15) is 0 Å². The second-order valence-corrected chi connectivity index (χ2v) is 4.22. The van der Waals surface area contributed by atoms with Gasteiger partial charge in [0.25, 0.3) is 0 Å². The third-order valence-corrected chi connectivity index (χ3v) is 1.74. The van der Waals surface area contributed by atoms with Crippen LogP contribution >= 0.6 is 11.6 Å². The van der Waals surface area contributed by atoms with Crippen LogP contribution in [-0.2, 0) is 12.4 Å². The number of quaternary nitrogens is 1. The first kappa shape index (κ1) is 9.62. The maximum Gasteiger partial charge on any atom is 0.158 e. The summed E-state index contributed by atoms with van der Waals surface area (Å²) in [5, 5.41) is 0. The van der Waals surface area contributed by atoms with Crippen molar-refractivity contribution in [1.82, 2.24) is 0 Å². The minimum atomic E-state index is 0.455. The standard InChI is InChI=1S/C9H15ClNO/c1-11(2,3)7-9-5-4-8(6-10)12-9/h4-5H,6-7H2,1-3H3/q+1. The van der Waals surface area contributed by atoms with Crippen LogP contribution in [0.15, 0.2) is 16.5 Å². The van der Waals surface area contributed by atoms with Gasteiger partial charge in [-0.25, -0.2) is 0 Å². The summed E-state index contributed by atoms with van der Waals surface area (Å²) in [4.78, 5) is 0. The quantitative estimate of drug-likeness (QED) is 0.524. The monoisotopic (exact) mass is 188 g/mol. The van der Waals surface area contributed by atoms with Crippen molar-refractivity contribution in [2.24, 2.45) is 0 Å². The fourth-order valence-electron chi connectivity index (χ4n) is 1.05. The summed E-state index contributed by atoms with van der Waals surface area (Å²) in [6.45, 7) is 0.900. The van der Waals surface area contributed by atoms with Crippen molar-refractivity contribution in [3.63, 3.8) is 0 Å². The molecule has 68 valence electrons. The predicted molar refractivity (Wildman–Crippen MR) is 50.0 cm³/mol. The topological polar surface area (TPSA) is 13.1 Å². The molecule has 0 radical (unpaired) electrons. The zero-order valence-corrected chi connectivity index (χ0v) is 8.56. The molecule has 0 aliphatic rings. The van der Waals surface area contributed by atoms with Crippen LogP contribution in [0.3, 0.4) is 0 Å². The first-order valence-electron chi connectivity index (χ1n) is 3.95. The summed E-state index contributed by atoms with van der Waals surface area (Å²) < 4.78 is 6.33. The van der Waals surface area contributed by atoms with Gasteiger partial charge in [0.15, 0.2) is 5.76 Å². The van der Waals surface area contributed by atoms with E-state index in [1.807, 2.05) is 12.1 Å². The molecular formula is C9H15ClNO+. The summed E-state index contributed by atoms with van der Waals surface area (Å²) in [6.07, 6.45) is 0. The van der Waals surface area contributed by atoms with Gasteiger partial charge in [-0.3, -0.25) is 0 Å². The molecule has 0 atom stereocenters. The van der Waals surface area contributed by atoms with Crippen LogP contribution in [0.5, 0.6) is 0 Å². The summed E-state index contributed by atoms with van der Waals surface area (Å²) in [5.74, 6) is 2.30. The molecular weight excluding hydrogens is 174 g/mol. The minimum absolute atomic E-state index is 0.455. The molecule has 2 nitrogen and oxygen atoms in total. The van der Waals surface area contributed by atoms with Gasteiger partial charge in [0.05, 0.1) is 27.0 Å². The molecule has 12 heavy (non-hydrogen) atoms. The Kier molecular flexibility index (Phi) is 2.80. The van der Waals surface area contributed by atoms with E-state index in [4.69, 9.17) is 16.0 Å². The van der Waals surface area contributed by atoms with E-state index in [1.165, 1.54) is 0 Å². The van der Waals surface area contributed by atoms with E-state index in [-0.39, 0.29) is 0 Å². The van der Waals surface area contributed by atoms with Gasteiger partial charge in [-0.15, -0.1) is 11.6 Å². The van der Waals surface area contributed by atoms with Gasteiger partial charge in [0.1, 0.15) is 12.3 Å². The second kappa shape index (κ2) is 3.50. The molecule has 0 aliphatic carbocycles. The first-order valence-corrected chi connectivity index (χ1v) is 4.49. The van der Waals surface area contributed by atoms with Gasteiger partial charge in [-0.1, -0.05) is 0 Å². The predicted octanol–water partition coefficient (Wildman–Crippen LogP) is 2.22. The molecule has 0 N–H and O–H groups in total. The Hall–Kier alpha value is -0.470. The van der Waals surface area contributed by atoms with E-state index in [2.05, 4.69) is 21.1 Å². The van der Waals surface area contributed by atoms with Gasteiger partial charge >= 0.3 is 0 Å². The summed E-state index contributed by atoms with van der Waals surface area (Å²) in [5.41, 5.74) is 0. The molecule has 1 aromatic heterocycles. The number of rotatable bonds is 3. The van der Waals surface area contributed by atoms with Crippen LogP contribution in [0.1, 0.15) is 11.5 Å². The number of halogens is 1. The number of nitrogens with zero attached hydrogens (tertiary/aromatic N) is 1. The average Bonchev–Trinajstić information content (AvgIpc) is 2.32. The average molecular weight is 189 g/mol. The fraction of sp³-hybridized carbons (Fsp3) is 0.556. The lowest BCUT2D eigenvalue weighted by Gasteiger charge is -2.22. The Morgan fingerprint density at radius 1 is 1.25 bits per heavy atom. The van der Waals surface area contributed by atoms with E-state index < -0.39 is 0 Å². The maximum absolute atomic E-state index is 5.61. The van der Waals surface area contributed by atoms with Gasteiger partial charge in [-0.2, -0.15) is 0 Å². The lowest BCUT2D eigenvalue weighted by atomic mass is 10.4. The van der Waals surface area contributed by atoms with Crippen molar-refractivity contribution >= 4 is 11.6 Å². The molecule has 0 unspecified atom stereocenters. The Morgan fingerprint density at radius 2 is 1.83 bits per heavy atom. The van der Waals surface area contributed by atoms with Crippen molar-refractivity contribution in [3.05, 3.63) is 23.7 Å². The number of furan rings is 1. The van der Waals surface area contributed by atoms with Crippen molar-refractivity contribution in [3.8, 4) is 0 Å². The molecule has 1 heterocycles. The third-order valence-electron chi connectivity index (χ3n) is 1.48. The highest BCUT2D eigenvalue weighted by Crippen LogP contribution is 2.13. The molecule has 1 aromatic rings. The van der Waals surface area contributed by atoms with Crippen LogP contribution in [0.25, 0.3) is 0 Å². The highest BCUT2D eigenvalue weighted by molar-refractivity contribution is 6.16. The maximum atomic E-state index is 5.61. The Bertz CT molecular complexity index is 249. The van der Waals surface area contributed by atoms with E-state index in [0.717, 1.165) is 22.5 Å². The van der Waals surface area contributed by atoms with Gasteiger partial charge in [-0.05, 0) is 12.1 Å². The fourth-order valence-corrected chi connectivity index (χ4v) is 1.19. The largest absolute Gasteiger partial charge is 0.459 e. The highest BCUT2D eigenvalue weighted by Gasteiger charge is 2.11. The van der Waals surface area contributed by atoms with Crippen LogP contribution in [0.4, 0.5) is 0 Å². The molecule has 0 saturated heterocycles. The third kappa shape index (κ3) is 2.88. The summed E-state index contributed by atoms with van der Waals surface area (Å²) in [6, 6.07) is 3.92. The van der Waals surface area contributed by atoms with Crippen molar-refractivity contribution in [2.75, 3.05) is 21.1 Å². The Labute approximate surface area is 78.3 Å². The normalized spacial score (nSPS) is 12.0. The number of hydrogen-bond donors (Lipinski definition) is 0. The van der Waals surface area contributed by atoms with Gasteiger partial charge < -0.3 is 8.90 Å². The zero-order chi connectivity index (χ0) is 9.19. The van der Waals surface area contributed by atoms with Crippen molar-refractivity contribution in [1.29, 1.82) is 0 Å². The smallest absolute Gasteiger partial charge is 0.158 e. The van der Waals surface area contributed by atoms with Crippen LogP contribution in [0.2, 0.25) is 0 Å². The van der Waals surface area contributed by atoms with E-state index in [1.54, 1.807) is 0 Å². The molecule has 0 saturated carbocycles. The zero-order valence-electron chi connectivity index (χ0n) is 7.80. The molecule has 0 bridgehead atoms. The van der Waals surface area contributed by atoms with Crippen LogP contribution in [0, 0.1) is 0 Å².